The molecule has 1 heteroatoms. The van der Waals surface area contributed by atoms with Crippen molar-refractivity contribution < 1.29 is 0 Å². The first kappa shape index (κ1) is 16.2. The molecule has 0 aliphatic carbocycles. The Labute approximate surface area is 119 Å². The number of hydrogen-bond donors (Lipinski definition) is 1. The van der Waals surface area contributed by atoms with Gasteiger partial charge in [-0.05, 0) is 61.7 Å². The Bertz CT molecular complexity index is 326. The quantitative estimate of drug-likeness (QED) is 0.647. The molecule has 0 saturated carbocycles. The maximum Gasteiger partial charge on any atom is -0.00172 e. The summed E-state index contributed by atoms with van der Waals surface area (Å²) in [7, 11) is 0. The minimum Gasteiger partial charge on any atom is -0.316 e. The van der Waals surface area contributed by atoms with E-state index in [-0.39, 0.29) is 0 Å². The van der Waals surface area contributed by atoms with Crippen LogP contribution in [0.2, 0.25) is 0 Å². The van der Waals surface area contributed by atoms with Crippen LogP contribution in [0, 0.1) is 11.8 Å². The summed E-state index contributed by atoms with van der Waals surface area (Å²) in [6, 6.07) is 9.18. The minimum absolute atomic E-state index is 0.763. The highest BCUT2D eigenvalue weighted by Crippen LogP contribution is 2.17. The SMILES string of the molecule is CCCNCC(Cc1ccc(CC)cc1)CC(C)C. The first-order valence-corrected chi connectivity index (χ1v) is 7.94. The number of benzene rings is 1. The number of hydrogen-bond acceptors (Lipinski definition) is 1. The zero-order valence-electron chi connectivity index (χ0n) is 13.2. The fourth-order valence-electron chi connectivity index (χ4n) is 2.63. The van der Waals surface area contributed by atoms with Crippen LogP contribution in [-0.4, -0.2) is 13.1 Å². The predicted octanol–water partition coefficient (Wildman–Crippen LogP) is 4.45. The van der Waals surface area contributed by atoms with E-state index in [0.717, 1.165) is 31.3 Å². The molecule has 0 fully saturated rings. The molecular weight excluding hydrogens is 230 g/mol. The zero-order chi connectivity index (χ0) is 14.1. The van der Waals surface area contributed by atoms with Gasteiger partial charge in [-0.15, -0.1) is 0 Å². The van der Waals surface area contributed by atoms with Crippen LogP contribution in [0.1, 0.15) is 51.7 Å². The fraction of sp³-hybridized carbons (Fsp3) is 0.667. The lowest BCUT2D eigenvalue weighted by Crippen LogP contribution is -2.26. The van der Waals surface area contributed by atoms with Crippen molar-refractivity contribution >= 4 is 0 Å². The summed E-state index contributed by atoms with van der Waals surface area (Å²) in [6.45, 7) is 11.4. The Morgan fingerprint density at radius 1 is 1.00 bits per heavy atom. The molecule has 1 aromatic carbocycles. The lowest BCUT2D eigenvalue weighted by Gasteiger charge is -2.20. The van der Waals surface area contributed by atoms with Gasteiger partial charge in [-0.1, -0.05) is 52.0 Å². The van der Waals surface area contributed by atoms with Gasteiger partial charge in [-0.25, -0.2) is 0 Å². The van der Waals surface area contributed by atoms with Gasteiger partial charge in [-0.3, -0.25) is 0 Å². The maximum absolute atomic E-state index is 3.58. The van der Waals surface area contributed by atoms with Gasteiger partial charge in [0.2, 0.25) is 0 Å². The monoisotopic (exact) mass is 261 g/mol. The van der Waals surface area contributed by atoms with Crippen molar-refractivity contribution in [1.29, 1.82) is 0 Å². The van der Waals surface area contributed by atoms with E-state index in [4.69, 9.17) is 0 Å². The van der Waals surface area contributed by atoms with Crippen LogP contribution in [0.4, 0.5) is 0 Å². The largest absolute Gasteiger partial charge is 0.316 e. The minimum atomic E-state index is 0.763. The predicted molar refractivity (Wildman–Crippen MR) is 85.6 cm³/mol. The molecule has 1 rings (SSSR count). The van der Waals surface area contributed by atoms with Crippen LogP contribution in [0.3, 0.4) is 0 Å². The molecule has 19 heavy (non-hydrogen) atoms. The zero-order valence-corrected chi connectivity index (χ0v) is 13.2. The highest BCUT2D eigenvalue weighted by Gasteiger charge is 2.11. The highest BCUT2D eigenvalue weighted by molar-refractivity contribution is 5.22. The molecule has 0 aliphatic rings. The van der Waals surface area contributed by atoms with Gasteiger partial charge in [0, 0.05) is 0 Å². The van der Waals surface area contributed by atoms with E-state index < -0.39 is 0 Å². The van der Waals surface area contributed by atoms with Crippen molar-refractivity contribution in [2.75, 3.05) is 13.1 Å². The normalized spacial score (nSPS) is 12.9. The third-order valence-corrected chi connectivity index (χ3v) is 3.62. The molecule has 0 spiro atoms. The van der Waals surface area contributed by atoms with Crippen molar-refractivity contribution in [2.24, 2.45) is 11.8 Å². The summed E-state index contributed by atoms with van der Waals surface area (Å²) in [5.74, 6) is 1.54. The van der Waals surface area contributed by atoms with Gasteiger partial charge in [0.1, 0.15) is 0 Å². The molecule has 1 N–H and O–H groups in total. The second-order valence-electron chi connectivity index (χ2n) is 6.07. The Hall–Kier alpha value is -0.820. The Balaban J connectivity index is 2.53. The van der Waals surface area contributed by atoms with Crippen molar-refractivity contribution in [3.05, 3.63) is 35.4 Å². The molecule has 0 aromatic heterocycles. The molecule has 1 aromatic rings. The third-order valence-electron chi connectivity index (χ3n) is 3.62. The number of nitrogens with one attached hydrogen (secondary N) is 1. The van der Waals surface area contributed by atoms with Crippen molar-refractivity contribution in [2.45, 2.75) is 53.4 Å². The lowest BCUT2D eigenvalue weighted by atomic mass is 9.90. The van der Waals surface area contributed by atoms with Crippen molar-refractivity contribution in [1.82, 2.24) is 5.32 Å². The Morgan fingerprint density at radius 2 is 1.63 bits per heavy atom. The van der Waals surface area contributed by atoms with E-state index in [1.807, 2.05) is 0 Å². The summed E-state index contributed by atoms with van der Waals surface area (Å²) < 4.78 is 0. The third kappa shape index (κ3) is 6.77. The summed E-state index contributed by atoms with van der Waals surface area (Å²) in [5.41, 5.74) is 2.93. The molecule has 0 saturated heterocycles. The van der Waals surface area contributed by atoms with E-state index in [9.17, 15) is 0 Å². The average Bonchev–Trinajstić information content (AvgIpc) is 2.39. The van der Waals surface area contributed by atoms with Gasteiger partial charge in [0.05, 0.1) is 0 Å². The van der Waals surface area contributed by atoms with Gasteiger partial charge < -0.3 is 5.32 Å². The molecule has 1 nitrogen and oxygen atoms in total. The van der Waals surface area contributed by atoms with E-state index in [2.05, 4.69) is 57.3 Å². The molecule has 0 radical (unpaired) electrons. The maximum atomic E-state index is 3.58. The van der Waals surface area contributed by atoms with Crippen LogP contribution in [-0.2, 0) is 12.8 Å². The van der Waals surface area contributed by atoms with Gasteiger partial charge in [0.15, 0.2) is 0 Å². The smallest absolute Gasteiger partial charge is 0.00172 e. The lowest BCUT2D eigenvalue weighted by molar-refractivity contribution is 0.385. The fourth-order valence-corrected chi connectivity index (χ4v) is 2.63. The molecular formula is C18H31N. The van der Waals surface area contributed by atoms with Crippen LogP contribution >= 0.6 is 0 Å². The highest BCUT2D eigenvalue weighted by atomic mass is 14.8. The van der Waals surface area contributed by atoms with Gasteiger partial charge in [-0.2, -0.15) is 0 Å². The summed E-state index contributed by atoms with van der Waals surface area (Å²) >= 11 is 0. The molecule has 1 atom stereocenters. The van der Waals surface area contributed by atoms with Crippen LogP contribution in [0.25, 0.3) is 0 Å². The second kappa shape index (κ2) is 9.14. The summed E-state index contributed by atoms with van der Waals surface area (Å²) in [6.07, 6.45) is 4.87. The first-order chi connectivity index (χ1) is 9.15. The van der Waals surface area contributed by atoms with Crippen LogP contribution < -0.4 is 5.32 Å². The molecule has 108 valence electrons. The standard InChI is InChI=1S/C18H31N/c1-5-11-19-14-18(12-15(3)4)13-17-9-7-16(6-2)8-10-17/h7-10,15,18-19H,5-6,11-14H2,1-4H3. The Kier molecular flexibility index (Phi) is 7.81. The molecule has 0 aliphatic heterocycles. The second-order valence-corrected chi connectivity index (χ2v) is 6.07. The van der Waals surface area contributed by atoms with E-state index in [1.54, 1.807) is 0 Å². The van der Waals surface area contributed by atoms with Crippen LogP contribution in [0.15, 0.2) is 24.3 Å². The molecule has 0 amide bonds. The van der Waals surface area contributed by atoms with Gasteiger partial charge >= 0.3 is 0 Å². The Morgan fingerprint density at radius 3 is 2.16 bits per heavy atom. The van der Waals surface area contributed by atoms with E-state index in [1.165, 1.54) is 30.4 Å². The van der Waals surface area contributed by atoms with Crippen molar-refractivity contribution in [3.8, 4) is 0 Å². The number of aryl methyl sites for hydroxylation is 1. The molecule has 1 unspecified atom stereocenters. The summed E-state index contributed by atoms with van der Waals surface area (Å²) in [5, 5.41) is 3.58. The molecule has 0 bridgehead atoms. The van der Waals surface area contributed by atoms with E-state index >= 15 is 0 Å². The summed E-state index contributed by atoms with van der Waals surface area (Å²) in [4.78, 5) is 0. The van der Waals surface area contributed by atoms with Crippen molar-refractivity contribution in [3.63, 3.8) is 0 Å². The average molecular weight is 261 g/mol. The van der Waals surface area contributed by atoms with E-state index in [0.29, 0.717) is 0 Å². The topological polar surface area (TPSA) is 12.0 Å². The van der Waals surface area contributed by atoms with Crippen LogP contribution in [0.5, 0.6) is 0 Å². The van der Waals surface area contributed by atoms with Gasteiger partial charge in [0.25, 0.3) is 0 Å². The number of rotatable bonds is 9. The molecule has 0 heterocycles. The first-order valence-electron chi connectivity index (χ1n) is 7.94.